The first kappa shape index (κ1) is 10.3. The molecule has 0 nitrogen and oxygen atoms in total. The van der Waals surface area contributed by atoms with Crippen LogP contribution in [0.15, 0.2) is 30.3 Å². The van der Waals surface area contributed by atoms with Crippen LogP contribution in [0, 0.1) is 0 Å². The summed E-state index contributed by atoms with van der Waals surface area (Å²) < 4.78 is 0.630. The highest BCUT2D eigenvalue weighted by molar-refractivity contribution is 14.1. The first-order valence-corrected chi connectivity index (χ1v) is 5.71. The second kappa shape index (κ2) is 5.07. The van der Waals surface area contributed by atoms with Crippen LogP contribution in [0.4, 0.5) is 0 Å². The van der Waals surface area contributed by atoms with Gasteiger partial charge in [0.25, 0.3) is 0 Å². The highest BCUT2D eigenvalue weighted by Gasteiger charge is 2.09. The van der Waals surface area contributed by atoms with Crippen LogP contribution in [0.3, 0.4) is 0 Å². The van der Waals surface area contributed by atoms with E-state index in [4.69, 9.17) is 11.6 Å². The molecule has 12 heavy (non-hydrogen) atoms. The van der Waals surface area contributed by atoms with Gasteiger partial charge in [-0.05, 0) is 12.0 Å². The van der Waals surface area contributed by atoms with E-state index in [2.05, 4.69) is 41.6 Å². The average molecular weight is 295 g/mol. The number of hydrogen-bond acceptors (Lipinski definition) is 0. The van der Waals surface area contributed by atoms with Crippen molar-refractivity contribution in [2.45, 2.75) is 22.6 Å². The van der Waals surface area contributed by atoms with Crippen LogP contribution in [0.1, 0.15) is 24.3 Å². The molecule has 1 rings (SSSR count). The summed E-state index contributed by atoms with van der Waals surface area (Å²) in [4.78, 5) is 0. The Labute approximate surface area is 92.5 Å². The summed E-state index contributed by atoms with van der Waals surface area (Å²) in [5.74, 6) is 0. The molecule has 66 valence electrons. The Morgan fingerprint density at radius 2 is 1.92 bits per heavy atom. The molecule has 1 aromatic carbocycles. The molecule has 0 fully saturated rings. The molecule has 0 radical (unpaired) electrons. The van der Waals surface area contributed by atoms with Crippen molar-refractivity contribution >= 4 is 34.2 Å². The lowest BCUT2D eigenvalue weighted by atomic mass is 10.1. The van der Waals surface area contributed by atoms with E-state index >= 15 is 0 Å². The zero-order valence-corrected chi connectivity index (χ0v) is 9.92. The third kappa shape index (κ3) is 3.31. The van der Waals surface area contributed by atoms with Crippen molar-refractivity contribution in [1.29, 1.82) is 0 Å². The lowest BCUT2D eigenvalue weighted by molar-refractivity contribution is 0.806. The summed E-state index contributed by atoms with van der Waals surface area (Å²) in [5, 5.41) is 0.165. The molecule has 0 bridgehead atoms. The van der Waals surface area contributed by atoms with Crippen LogP contribution < -0.4 is 0 Å². The Bertz CT molecular complexity index is 221. The van der Waals surface area contributed by atoms with Gasteiger partial charge in [0.2, 0.25) is 0 Å². The number of halogens is 2. The monoisotopic (exact) mass is 294 g/mol. The zero-order chi connectivity index (χ0) is 8.97. The fourth-order valence-electron chi connectivity index (χ4n) is 1.08. The molecule has 0 spiro atoms. The third-order valence-corrected chi connectivity index (χ3v) is 2.63. The molecule has 2 atom stereocenters. The fourth-order valence-corrected chi connectivity index (χ4v) is 2.30. The van der Waals surface area contributed by atoms with Crippen LogP contribution in [0.2, 0.25) is 0 Å². The SMILES string of the molecule is CC(I)CC(Cl)c1ccccc1. The van der Waals surface area contributed by atoms with Gasteiger partial charge in [-0.3, -0.25) is 0 Å². The molecule has 0 aromatic heterocycles. The largest absolute Gasteiger partial charge is 0.118 e. The maximum absolute atomic E-state index is 6.20. The highest BCUT2D eigenvalue weighted by Crippen LogP contribution is 2.27. The van der Waals surface area contributed by atoms with Gasteiger partial charge >= 0.3 is 0 Å². The molecule has 0 aliphatic heterocycles. The van der Waals surface area contributed by atoms with Crippen molar-refractivity contribution in [3.63, 3.8) is 0 Å². The van der Waals surface area contributed by atoms with Gasteiger partial charge in [-0.25, -0.2) is 0 Å². The highest BCUT2D eigenvalue weighted by atomic mass is 127. The molecular weight excluding hydrogens is 282 g/mol. The molecule has 1 aromatic rings. The maximum atomic E-state index is 6.20. The van der Waals surface area contributed by atoms with Gasteiger partial charge in [0.05, 0.1) is 5.38 Å². The summed E-state index contributed by atoms with van der Waals surface area (Å²) in [5.41, 5.74) is 1.22. The molecule has 0 saturated heterocycles. The second-order valence-corrected chi connectivity index (χ2v) is 5.55. The Balaban J connectivity index is 2.59. The molecule has 0 aliphatic carbocycles. The molecule has 0 saturated carbocycles. The summed E-state index contributed by atoms with van der Waals surface area (Å²) >= 11 is 8.60. The lowest BCUT2D eigenvalue weighted by Crippen LogP contribution is -1.97. The summed E-state index contributed by atoms with van der Waals surface area (Å²) in [6.07, 6.45) is 1.03. The minimum atomic E-state index is 0.165. The average Bonchev–Trinajstić information content (AvgIpc) is 2.05. The zero-order valence-electron chi connectivity index (χ0n) is 7.00. The normalized spacial score (nSPS) is 15.6. The van der Waals surface area contributed by atoms with Crippen LogP contribution in [-0.4, -0.2) is 3.92 Å². The molecule has 0 amide bonds. The summed E-state index contributed by atoms with van der Waals surface area (Å²) in [6, 6.07) is 10.2. The van der Waals surface area contributed by atoms with Gasteiger partial charge in [-0.15, -0.1) is 11.6 Å². The van der Waals surface area contributed by atoms with E-state index in [1.165, 1.54) is 5.56 Å². The topological polar surface area (TPSA) is 0 Å². The number of benzene rings is 1. The Morgan fingerprint density at radius 1 is 1.33 bits per heavy atom. The minimum absolute atomic E-state index is 0.165. The molecule has 2 unspecified atom stereocenters. The van der Waals surface area contributed by atoms with Crippen LogP contribution in [-0.2, 0) is 0 Å². The molecule has 2 heteroatoms. The van der Waals surface area contributed by atoms with E-state index in [-0.39, 0.29) is 5.38 Å². The number of hydrogen-bond donors (Lipinski definition) is 0. The van der Waals surface area contributed by atoms with Crippen molar-refractivity contribution in [2.75, 3.05) is 0 Å². The Hall–Kier alpha value is 0.240. The van der Waals surface area contributed by atoms with Gasteiger partial charge in [-0.2, -0.15) is 0 Å². The van der Waals surface area contributed by atoms with Crippen LogP contribution >= 0.6 is 34.2 Å². The summed E-state index contributed by atoms with van der Waals surface area (Å²) in [7, 11) is 0. The fraction of sp³-hybridized carbons (Fsp3) is 0.400. The first-order chi connectivity index (χ1) is 5.70. The smallest absolute Gasteiger partial charge is 0.0595 e. The number of rotatable bonds is 3. The van der Waals surface area contributed by atoms with Crippen molar-refractivity contribution in [3.8, 4) is 0 Å². The maximum Gasteiger partial charge on any atom is 0.0595 e. The van der Waals surface area contributed by atoms with E-state index in [9.17, 15) is 0 Å². The van der Waals surface area contributed by atoms with Crippen molar-refractivity contribution in [3.05, 3.63) is 35.9 Å². The predicted octanol–water partition coefficient (Wildman–Crippen LogP) is 4.18. The summed E-state index contributed by atoms with van der Waals surface area (Å²) in [6.45, 7) is 2.18. The van der Waals surface area contributed by atoms with Crippen LogP contribution in [0.5, 0.6) is 0 Å². The molecule has 0 heterocycles. The molecular formula is C10H12ClI. The van der Waals surface area contributed by atoms with E-state index in [0.717, 1.165) is 6.42 Å². The lowest BCUT2D eigenvalue weighted by Gasteiger charge is -2.10. The van der Waals surface area contributed by atoms with E-state index < -0.39 is 0 Å². The van der Waals surface area contributed by atoms with Crippen molar-refractivity contribution in [1.82, 2.24) is 0 Å². The van der Waals surface area contributed by atoms with E-state index in [1.807, 2.05) is 18.2 Å². The third-order valence-electron chi connectivity index (χ3n) is 1.69. The van der Waals surface area contributed by atoms with Gasteiger partial charge in [0.1, 0.15) is 0 Å². The Morgan fingerprint density at radius 3 is 2.42 bits per heavy atom. The van der Waals surface area contributed by atoms with Gasteiger partial charge in [0.15, 0.2) is 0 Å². The first-order valence-electron chi connectivity index (χ1n) is 4.03. The molecule has 0 N–H and O–H groups in total. The predicted molar refractivity (Wildman–Crippen MR) is 63.1 cm³/mol. The van der Waals surface area contributed by atoms with Crippen molar-refractivity contribution in [2.24, 2.45) is 0 Å². The van der Waals surface area contributed by atoms with Gasteiger partial charge in [-0.1, -0.05) is 59.8 Å². The quantitative estimate of drug-likeness (QED) is 0.579. The van der Waals surface area contributed by atoms with Gasteiger partial charge in [0, 0.05) is 3.92 Å². The van der Waals surface area contributed by atoms with Crippen LogP contribution in [0.25, 0.3) is 0 Å². The minimum Gasteiger partial charge on any atom is -0.118 e. The molecule has 0 aliphatic rings. The standard InChI is InChI=1S/C10H12ClI/c1-8(12)7-10(11)9-5-3-2-4-6-9/h2-6,8,10H,7H2,1H3. The number of alkyl halides is 2. The van der Waals surface area contributed by atoms with Gasteiger partial charge < -0.3 is 0 Å². The Kier molecular flexibility index (Phi) is 4.36. The second-order valence-electron chi connectivity index (χ2n) is 2.89. The van der Waals surface area contributed by atoms with Crippen molar-refractivity contribution < 1.29 is 0 Å². The van der Waals surface area contributed by atoms with E-state index in [0.29, 0.717) is 3.92 Å². The van der Waals surface area contributed by atoms with E-state index in [1.54, 1.807) is 0 Å².